The fourth-order valence-corrected chi connectivity index (χ4v) is 2.35. The van der Waals surface area contributed by atoms with Crippen molar-refractivity contribution in [3.63, 3.8) is 0 Å². The largest absolute Gasteiger partial charge is 0.396 e. The molecule has 1 rings (SSSR count). The van der Waals surface area contributed by atoms with Crippen molar-refractivity contribution in [1.29, 1.82) is 0 Å². The zero-order valence-electron chi connectivity index (χ0n) is 11.6. The van der Waals surface area contributed by atoms with E-state index in [-0.39, 0.29) is 12.0 Å². The quantitative estimate of drug-likeness (QED) is 0.680. The Balaban J connectivity index is 2.46. The van der Waals surface area contributed by atoms with E-state index in [0.29, 0.717) is 6.61 Å². The number of hydrogen-bond donors (Lipinski definition) is 1. The first kappa shape index (κ1) is 14.9. The van der Waals surface area contributed by atoms with Gasteiger partial charge in [-0.25, -0.2) is 0 Å². The van der Waals surface area contributed by atoms with E-state index in [9.17, 15) is 5.11 Å². The Morgan fingerprint density at radius 3 is 2.47 bits per heavy atom. The van der Waals surface area contributed by atoms with Gasteiger partial charge < -0.3 is 19.6 Å². The molecule has 0 aromatic rings. The topological polar surface area (TPSA) is 35.9 Å². The lowest BCUT2D eigenvalue weighted by Gasteiger charge is -2.33. The maximum absolute atomic E-state index is 9.59. The maximum Gasteiger partial charge on any atom is 0.0557 e. The molecule has 0 aliphatic carbocycles. The first-order valence-corrected chi connectivity index (χ1v) is 6.67. The summed E-state index contributed by atoms with van der Waals surface area (Å²) in [7, 11) is 4.20. The van der Waals surface area contributed by atoms with E-state index in [1.54, 1.807) is 0 Å². The third kappa shape index (κ3) is 4.92. The molecule has 1 heterocycles. The van der Waals surface area contributed by atoms with Gasteiger partial charge in [-0.05, 0) is 33.5 Å². The molecular formula is C13H28N2O2. The molecule has 1 N–H and O–H groups in total. The molecule has 4 heteroatoms. The molecule has 0 amide bonds. The third-order valence-corrected chi connectivity index (χ3v) is 3.48. The lowest BCUT2D eigenvalue weighted by molar-refractivity contribution is 0.0546. The summed E-state index contributed by atoms with van der Waals surface area (Å²) >= 11 is 0. The molecule has 1 fully saturated rings. The molecule has 4 nitrogen and oxygen atoms in total. The highest BCUT2D eigenvalue weighted by atomic mass is 16.5. The lowest BCUT2D eigenvalue weighted by Crippen LogP contribution is -2.43. The number of ether oxygens (including phenoxy) is 1. The molecule has 1 unspecified atom stereocenters. The zero-order valence-corrected chi connectivity index (χ0v) is 11.6. The van der Waals surface area contributed by atoms with Crippen molar-refractivity contribution in [2.75, 3.05) is 60.1 Å². The second kappa shape index (κ2) is 7.31. The maximum atomic E-state index is 9.59. The van der Waals surface area contributed by atoms with E-state index in [4.69, 9.17) is 4.74 Å². The summed E-state index contributed by atoms with van der Waals surface area (Å²) in [6.07, 6.45) is 2.15. The van der Waals surface area contributed by atoms with Crippen LogP contribution in [0.1, 0.15) is 19.8 Å². The average Bonchev–Trinajstić information content (AvgIpc) is 2.75. The molecule has 1 saturated heterocycles. The molecule has 0 spiro atoms. The highest BCUT2D eigenvalue weighted by molar-refractivity contribution is 4.86. The first-order valence-electron chi connectivity index (χ1n) is 6.67. The van der Waals surface area contributed by atoms with Gasteiger partial charge in [-0.1, -0.05) is 6.92 Å². The van der Waals surface area contributed by atoms with Gasteiger partial charge in [0.15, 0.2) is 0 Å². The summed E-state index contributed by atoms with van der Waals surface area (Å²) in [5.74, 6) is 0. The van der Waals surface area contributed by atoms with Gasteiger partial charge in [0.25, 0.3) is 0 Å². The summed E-state index contributed by atoms with van der Waals surface area (Å²) in [6.45, 7) is 8.18. The summed E-state index contributed by atoms with van der Waals surface area (Å²) in [5.41, 5.74) is -0.0124. The minimum Gasteiger partial charge on any atom is -0.396 e. The van der Waals surface area contributed by atoms with E-state index in [1.807, 2.05) is 0 Å². The van der Waals surface area contributed by atoms with Crippen molar-refractivity contribution >= 4 is 0 Å². The number of rotatable bonds is 8. The van der Waals surface area contributed by atoms with E-state index >= 15 is 0 Å². The van der Waals surface area contributed by atoms with Crippen molar-refractivity contribution in [2.45, 2.75) is 19.8 Å². The predicted molar refractivity (Wildman–Crippen MR) is 70.2 cm³/mol. The van der Waals surface area contributed by atoms with Gasteiger partial charge in [0.1, 0.15) is 0 Å². The lowest BCUT2D eigenvalue weighted by atomic mass is 9.87. The monoisotopic (exact) mass is 244 g/mol. The number of aliphatic hydroxyl groups excluding tert-OH is 1. The second-order valence-electron chi connectivity index (χ2n) is 5.54. The van der Waals surface area contributed by atoms with E-state index < -0.39 is 0 Å². The molecule has 102 valence electrons. The fourth-order valence-electron chi connectivity index (χ4n) is 2.35. The molecule has 0 saturated carbocycles. The van der Waals surface area contributed by atoms with Crippen LogP contribution in [0, 0.1) is 5.41 Å². The number of likely N-dealkylation sites (N-methyl/N-ethyl adjacent to an activating group) is 1. The van der Waals surface area contributed by atoms with Crippen molar-refractivity contribution in [3.05, 3.63) is 0 Å². The van der Waals surface area contributed by atoms with Crippen molar-refractivity contribution in [1.82, 2.24) is 9.80 Å². The minimum absolute atomic E-state index is 0.0124. The molecule has 1 atom stereocenters. The summed E-state index contributed by atoms with van der Waals surface area (Å²) < 4.78 is 5.46. The van der Waals surface area contributed by atoms with Gasteiger partial charge in [0.05, 0.1) is 13.2 Å². The van der Waals surface area contributed by atoms with Gasteiger partial charge in [0.2, 0.25) is 0 Å². The smallest absolute Gasteiger partial charge is 0.0557 e. The van der Waals surface area contributed by atoms with Crippen LogP contribution in [-0.2, 0) is 4.74 Å². The van der Waals surface area contributed by atoms with Crippen LogP contribution in [0.5, 0.6) is 0 Å². The van der Waals surface area contributed by atoms with Gasteiger partial charge in [0, 0.05) is 31.7 Å². The van der Waals surface area contributed by atoms with Crippen LogP contribution >= 0.6 is 0 Å². The van der Waals surface area contributed by atoms with Gasteiger partial charge in [-0.15, -0.1) is 0 Å². The Kier molecular flexibility index (Phi) is 6.41. The predicted octanol–water partition coefficient (Wildman–Crippen LogP) is 0.659. The zero-order chi connectivity index (χ0) is 12.7. The van der Waals surface area contributed by atoms with Gasteiger partial charge >= 0.3 is 0 Å². The normalized spacial score (nSPS) is 25.1. The molecule has 0 bridgehead atoms. The highest BCUT2D eigenvalue weighted by Crippen LogP contribution is 2.29. The Morgan fingerprint density at radius 2 is 2.00 bits per heavy atom. The Hall–Kier alpha value is -0.160. The van der Waals surface area contributed by atoms with Gasteiger partial charge in [-0.2, -0.15) is 0 Å². The fraction of sp³-hybridized carbons (Fsp3) is 1.00. The molecule has 0 radical (unpaired) electrons. The third-order valence-electron chi connectivity index (χ3n) is 3.48. The molecule has 1 aliphatic rings. The van der Waals surface area contributed by atoms with Crippen LogP contribution in [0.15, 0.2) is 0 Å². The summed E-state index contributed by atoms with van der Waals surface area (Å²) in [6, 6.07) is 0. The van der Waals surface area contributed by atoms with Crippen LogP contribution in [-0.4, -0.2) is 75.0 Å². The van der Waals surface area contributed by atoms with Crippen LogP contribution in [0.4, 0.5) is 0 Å². The minimum atomic E-state index is -0.0124. The van der Waals surface area contributed by atoms with Crippen LogP contribution in [0.3, 0.4) is 0 Å². The second-order valence-corrected chi connectivity index (χ2v) is 5.54. The van der Waals surface area contributed by atoms with Crippen molar-refractivity contribution in [2.24, 2.45) is 5.41 Å². The van der Waals surface area contributed by atoms with Crippen molar-refractivity contribution < 1.29 is 9.84 Å². The van der Waals surface area contributed by atoms with Crippen molar-refractivity contribution in [3.8, 4) is 0 Å². The van der Waals surface area contributed by atoms with Crippen LogP contribution in [0.2, 0.25) is 0 Å². The molecule has 0 aromatic heterocycles. The molecule has 0 aromatic carbocycles. The Morgan fingerprint density at radius 1 is 1.24 bits per heavy atom. The molecule has 1 aliphatic heterocycles. The Labute approximate surface area is 106 Å². The first-order chi connectivity index (χ1) is 8.12. The highest BCUT2D eigenvalue weighted by Gasteiger charge is 2.35. The number of aliphatic hydroxyl groups is 1. The number of nitrogens with zero attached hydrogens (tertiary/aromatic N) is 2. The standard InChI is InChI=1S/C13H28N2O2/c1-4-6-15(8-7-14(2)3)10-13(11-16)5-9-17-12-13/h16H,4-12H2,1-3H3. The van der Waals surface area contributed by atoms with E-state index in [0.717, 1.165) is 45.6 Å². The summed E-state index contributed by atoms with van der Waals surface area (Å²) in [5, 5.41) is 9.59. The molecular weight excluding hydrogens is 216 g/mol. The summed E-state index contributed by atoms with van der Waals surface area (Å²) in [4.78, 5) is 4.67. The van der Waals surface area contributed by atoms with E-state index in [1.165, 1.54) is 0 Å². The van der Waals surface area contributed by atoms with Gasteiger partial charge in [-0.3, -0.25) is 0 Å². The number of hydrogen-bond acceptors (Lipinski definition) is 4. The average molecular weight is 244 g/mol. The van der Waals surface area contributed by atoms with E-state index in [2.05, 4.69) is 30.8 Å². The van der Waals surface area contributed by atoms with Crippen LogP contribution in [0.25, 0.3) is 0 Å². The molecule has 17 heavy (non-hydrogen) atoms. The SMILES string of the molecule is CCCN(CCN(C)C)CC1(CO)CCOC1. The Bertz CT molecular complexity index is 204. The van der Waals surface area contributed by atoms with Crippen LogP contribution < -0.4 is 0 Å².